The van der Waals surface area contributed by atoms with Crippen LogP contribution in [-0.4, -0.2) is 10.9 Å². The van der Waals surface area contributed by atoms with E-state index >= 15 is 0 Å². The highest BCUT2D eigenvalue weighted by molar-refractivity contribution is 6.00. The molecule has 0 heterocycles. The molecule has 0 bridgehead atoms. The maximum atomic E-state index is 12.4. The normalized spacial score (nSPS) is 20.2. The molecule has 0 amide bonds. The molecule has 0 saturated heterocycles. The van der Waals surface area contributed by atoms with Gasteiger partial charge >= 0.3 is 0 Å². The molecule has 0 radical (unpaired) electrons. The second kappa shape index (κ2) is 4.63. The molecule has 1 aliphatic carbocycles. The third-order valence-corrected chi connectivity index (χ3v) is 3.68. The van der Waals surface area contributed by atoms with E-state index in [1.807, 2.05) is 36.4 Å². The molecule has 0 aromatic heterocycles. The molecular weight excluding hydrogens is 248 g/mol. The SMILES string of the molecule is CC#CC1(O)c2ccccc2CC(=O)c2ccccc21. The van der Waals surface area contributed by atoms with Gasteiger partial charge in [-0.3, -0.25) is 4.79 Å². The van der Waals surface area contributed by atoms with Crippen LogP contribution in [0.15, 0.2) is 48.5 Å². The monoisotopic (exact) mass is 262 g/mol. The van der Waals surface area contributed by atoms with Crippen LogP contribution in [0.2, 0.25) is 0 Å². The average Bonchev–Trinajstić information content (AvgIpc) is 2.56. The molecule has 0 aliphatic heterocycles. The van der Waals surface area contributed by atoms with Gasteiger partial charge in [0.25, 0.3) is 0 Å². The van der Waals surface area contributed by atoms with Crippen LogP contribution in [0.3, 0.4) is 0 Å². The Bertz CT molecular complexity index is 749. The van der Waals surface area contributed by atoms with Crippen molar-refractivity contribution in [2.45, 2.75) is 18.9 Å². The van der Waals surface area contributed by atoms with Crippen LogP contribution in [0.1, 0.15) is 34.0 Å². The summed E-state index contributed by atoms with van der Waals surface area (Å²) in [6.45, 7) is 1.69. The van der Waals surface area contributed by atoms with Gasteiger partial charge in [0, 0.05) is 23.1 Å². The van der Waals surface area contributed by atoms with E-state index in [-0.39, 0.29) is 5.78 Å². The third kappa shape index (κ3) is 1.76. The summed E-state index contributed by atoms with van der Waals surface area (Å²) in [5.74, 6) is 5.69. The van der Waals surface area contributed by atoms with E-state index in [9.17, 15) is 9.90 Å². The van der Waals surface area contributed by atoms with E-state index in [0.717, 1.165) is 5.56 Å². The Kier molecular flexibility index (Phi) is 2.93. The summed E-state index contributed by atoms with van der Waals surface area (Å²) in [4.78, 5) is 12.4. The number of carbonyl (C=O) groups excluding carboxylic acids is 1. The van der Waals surface area contributed by atoms with Gasteiger partial charge in [-0.1, -0.05) is 54.5 Å². The van der Waals surface area contributed by atoms with Crippen molar-refractivity contribution in [3.63, 3.8) is 0 Å². The van der Waals surface area contributed by atoms with Crippen molar-refractivity contribution >= 4 is 5.78 Å². The number of carbonyl (C=O) groups is 1. The number of hydrogen-bond donors (Lipinski definition) is 1. The third-order valence-electron chi connectivity index (χ3n) is 3.68. The number of Topliss-reactive ketones (excluding diaryl/α,β-unsaturated/α-hetero) is 1. The molecule has 2 aromatic carbocycles. The zero-order valence-corrected chi connectivity index (χ0v) is 11.2. The largest absolute Gasteiger partial charge is 0.369 e. The molecule has 3 rings (SSSR count). The Morgan fingerprint density at radius 3 is 2.45 bits per heavy atom. The van der Waals surface area contributed by atoms with Gasteiger partial charge in [0.2, 0.25) is 0 Å². The first-order chi connectivity index (χ1) is 9.66. The van der Waals surface area contributed by atoms with Gasteiger partial charge in [-0.15, -0.1) is 5.92 Å². The number of ketones is 1. The van der Waals surface area contributed by atoms with Gasteiger partial charge in [-0.2, -0.15) is 0 Å². The lowest BCUT2D eigenvalue weighted by atomic mass is 9.84. The highest BCUT2D eigenvalue weighted by Gasteiger charge is 2.37. The first-order valence-corrected chi connectivity index (χ1v) is 6.54. The van der Waals surface area contributed by atoms with Crippen molar-refractivity contribution < 1.29 is 9.90 Å². The van der Waals surface area contributed by atoms with E-state index in [1.165, 1.54) is 0 Å². The van der Waals surface area contributed by atoms with Gasteiger partial charge in [0.05, 0.1) is 0 Å². The van der Waals surface area contributed by atoms with Gasteiger partial charge in [-0.05, 0) is 12.5 Å². The van der Waals surface area contributed by atoms with Crippen molar-refractivity contribution in [2.24, 2.45) is 0 Å². The van der Waals surface area contributed by atoms with E-state index in [2.05, 4.69) is 11.8 Å². The summed E-state index contributed by atoms with van der Waals surface area (Å²) in [6.07, 6.45) is 0.293. The molecule has 2 nitrogen and oxygen atoms in total. The van der Waals surface area contributed by atoms with Crippen molar-refractivity contribution in [3.8, 4) is 11.8 Å². The smallest absolute Gasteiger partial charge is 0.177 e. The van der Waals surface area contributed by atoms with Crippen LogP contribution >= 0.6 is 0 Å². The predicted molar refractivity (Wildman–Crippen MR) is 77.4 cm³/mol. The molecule has 0 saturated carbocycles. The van der Waals surface area contributed by atoms with Crippen LogP contribution in [-0.2, 0) is 12.0 Å². The molecule has 2 heteroatoms. The molecule has 1 unspecified atom stereocenters. The summed E-state index contributed by atoms with van der Waals surface area (Å²) < 4.78 is 0. The lowest BCUT2D eigenvalue weighted by Gasteiger charge is -2.25. The average molecular weight is 262 g/mol. The molecular formula is C18H14O2. The van der Waals surface area contributed by atoms with Crippen LogP contribution < -0.4 is 0 Å². The fraction of sp³-hybridized carbons (Fsp3) is 0.167. The minimum atomic E-state index is -1.42. The Morgan fingerprint density at radius 2 is 1.70 bits per heavy atom. The summed E-state index contributed by atoms with van der Waals surface area (Å²) >= 11 is 0. The molecule has 2 aromatic rings. The lowest BCUT2D eigenvalue weighted by molar-refractivity contribution is 0.0989. The summed E-state index contributed by atoms with van der Waals surface area (Å²) in [6, 6.07) is 14.6. The maximum Gasteiger partial charge on any atom is 0.177 e. The fourth-order valence-corrected chi connectivity index (χ4v) is 2.80. The maximum absolute atomic E-state index is 12.4. The second-order valence-corrected chi connectivity index (χ2v) is 4.89. The second-order valence-electron chi connectivity index (χ2n) is 4.89. The van der Waals surface area contributed by atoms with Gasteiger partial charge in [0.1, 0.15) is 0 Å². The number of hydrogen-bond acceptors (Lipinski definition) is 2. The van der Waals surface area contributed by atoms with Crippen molar-refractivity contribution in [3.05, 3.63) is 70.8 Å². The van der Waals surface area contributed by atoms with Gasteiger partial charge < -0.3 is 5.11 Å². The Balaban J connectivity index is 2.40. The molecule has 1 atom stereocenters. The Hall–Kier alpha value is -2.37. The molecule has 20 heavy (non-hydrogen) atoms. The number of benzene rings is 2. The van der Waals surface area contributed by atoms with Gasteiger partial charge in [-0.25, -0.2) is 0 Å². The molecule has 0 spiro atoms. The first-order valence-electron chi connectivity index (χ1n) is 6.54. The minimum Gasteiger partial charge on any atom is -0.369 e. The topological polar surface area (TPSA) is 37.3 Å². The summed E-state index contributed by atoms with van der Waals surface area (Å²) in [5, 5.41) is 11.1. The van der Waals surface area contributed by atoms with E-state index in [0.29, 0.717) is 23.1 Å². The fourth-order valence-electron chi connectivity index (χ4n) is 2.80. The van der Waals surface area contributed by atoms with Crippen molar-refractivity contribution in [2.75, 3.05) is 0 Å². The van der Waals surface area contributed by atoms with Crippen LogP contribution in [0.5, 0.6) is 0 Å². The quantitative estimate of drug-likeness (QED) is 0.741. The zero-order valence-electron chi connectivity index (χ0n) is 11.2. The predicted octanol–water partition coefficient (Wildman–Crippen LogP) is 2.68. The number of rotatable bonds is 0. The first kappa shape index (κ1) is 12.7. The minimum absolute atomic E-state index is 0.0156. The number of fused-ring (bicyclic) bond motifs is 2. The van der Waals surface area contributed by atoms with Crippen LogP contribution in [0.25, 0.3) is 0 Å². The lowest BCUT2D eigenvalue weighted by Crippen LogP contribution is -2.26. The Labute approximate surface area is 118 Å². The summed E-state index contributed by atoms with van der Waals surface area (Å²) in [5.41, 5.74) is 1.23. The summed E-state index contributed by atoms with van der Waals surface area (Å²) in [7, 11) is 0. The van der Waals surface area contributed by atoms with E-state index in [1.54, 1.807) is 19.1 Å². The standard InChI is InChI=1S/C18H14O2/c1-2-11-18(20)15-9-5-3-7-13(15)12-17(19)14-8-4-6-10-16(14)18/h3-10,20H,12H2,1H3. The molecule has 1 N–H and O–H groups in total. The highest BCUT2D eigenvalue weighted by atomic mass is 16.3. The Morgan fingerprint density at radius 1 is 1.05 bits per heavy atom. The van der Waals surface area contributed by atoms with E-state index < -0.39 is 5.60 Å². The van der Waals surface area contributed by atoms with Crippen LogP contribution in [0.4, 0.5) is 0 Å². The molecule has 98 valence electrons. The van der Waals surface area contributed by atoms with Crippen LogP contribution in [0, 0.1) is 11.8 Å². The molecule has 1 aliphatic rings. The van der Waals surface area contributed by atoms with Gasteiger partial charge in [0.15, 0.2) is 11.4 Å². The highest BCUT2D eigenvalue weighted by Crippen LogP contribution is 2.37. The molecule has 0 fully saturated rings. The number of aliphatic hydroxyl groups is 1. The van der Waals surface area contributed by atoms with Crippen molar-refractivity contribution in [1.82, 2.24) is 0 Å². The van der Waals surface area contributed by atoms with Crippen molar-refractivity contribution in [1.29, 1.82) is 0 Å². The zero-order chi connectivity index (χ0) is 14.2. The van der Waals surface area contributed by atoms with E-state index in [4.69, 9.17) is 0 Å².